The fourth-order valence-electron chi connectivity index (χ4n) is 2.04. The van der Waals surface area contributed by atoms with Gasteiger partial charge >= 0.3 is 0 Å². The molecule has 0 saturated heterocycles. The summed E-state index contributed by atoms with van der Waals surface area (Å²) in [6, 6.07) is 18.6. The highest BCUT2D eigenvalue weighted by Crippen LogP contribution is 2.17. The van der Waals surface area contributed by atoms with E-state index in [0.717, 1.165) is 11.3 Å². The molecule has 90 valence electrons. The number of nitrogens with two attached hydrogens (primary N) is 1. The van der Waals surface area contributed by atoms with Crippen molar-refractivity contribution in [2.24, 2.45) is 10.9 Å². The number of aromatic nitrogens is 1. The van der Waals surface area contributed by atoms with E-state index in [1.165, 1.54) is 15.8 Å². The van der Waals surface area contributed by atoms with Crippen LogP contribution in [-0.4, -0.2) is 4.57 Å². The van der Waals surface area contributed by atoms with Crippen molar-refractivity contribution in [2.45, 2.75) is 6.54 Å². The van der Waals surface area contributed by atoms with Gasteiger partial charge in [0.2, 0.25) is 4.80 Å². The first kappa shape index (κ1) is 11.0. The molecule has 1 heterocycles. The van der Waals surface area contributed by atoms with Crippen LogP contribution >= 0.6 is 11.3 Å². The van der Waals surface area contributed by atoms with E-state index >= 15 is 0 Å². The van der Waals surface area contributed by atoms with E-state index in [4.69, 9.17) is 5.84 Å². The van der Waals surface area contributed by atoms with Crippen molar-refractivity contribution in [1.29, 1.82) is 0 Å². The number of rotatable bonds is 2. The van der Waals surface area contributed by atoms with Crippen LogP contribution in [0.25, 0.3) is 10.2 Å². The zero-order valence-electron chi connectivity index (χ0n) is 9.78. The Kier molecular flexibility index (Phi) is 2.86. The molecule has 0 atom stereocenters. The second kappa shape index (κ2) is 4.66. The van der Waals surface area contributed by atoms with Gasteiger partial charge in [-0.2, -0.15) is 5.10 Å². The van der Waals surface area contributed by atoms with Crippen molar-refractivity contribution >= 4 is 21.6 Å². The van der Waals surface area contributed by atoms with Crippen molar-refractivity contribution in [3.05, 3.63) is 65.0 Å². The van der Waals surface area contributed by atoms with Crippen molar-refractivity contribution in [3.8, 4) is 0 Å². The molecule has 0 bridgehead atoms. The number of fused-ring (bicyclic) bond motifs is 1. The maximum atomic E-state index is 5.48. The fourth-order valence-corrected chi connectivity index (χ4v) is 2.99. The van der Waals surface area contributed by atoms with E-state index in [0.29, 0.717) is 0 Å². The molecule has 0 amide bonds. The van der Waals surface area contributed by atoms with Gasteiger partial charge in [0.1, 0.15) is 0 Å². The molecule has 3 nitrogen and oxygen atoms in total. The monoisotopic (exact) mass is 255 g/mol. The summed E-state index contributed by atoms with van der Waals surface area (Å²) in [6.07, 6.45) is 0. The Morgan fingerprint density at radius 1 is 1.00 bits per heavy atom. The average molecular weight is 255 g/mol. The van der Waals surface area contributed by atoms with Gasteiger partial charge in [-0.3, -0.25) is 0 Å². The molecule has 0 saturated carbocycles. The lowest BCUT2D eigenvalue weighted by molar-refractivity contribution is 0.789. The molecule has 3 rings (SSSR count). The molecule has 0 aliphatic carbocycles. The highest BCUT2D eigenvalue weighted by Gasteiger charge is 2.05. The Hall–Kier alpha value is -2.07. The summed E-state index contributed by atoms with van der Waals surface area (Å²) in [5.74, 6) is 5.48. The van der Waals surface area contributed by atoms with Gasteiger partial charge < -0.3 is 10.4 Å². The van der Waals surface area contributed by atoms with Crippen LogP contribution in [0.4, 0.5) is 0 Å². The third-order valence-electron chi connectivity index (χ3n) is 2.88. The summed E-state index contributed by atoms with van der Waals surface area (Å²) >= 11 is 1.61. The zero-order chi connectivity index (χ0) is 12.4. The second-order valence-corrected chi connectivity index (χ2v) is 5.06. The normalized spacial score (nSPS) is 12.1. The van der Waals surface area contributed by atoms with E-state index in [2.05, 4.69) is 33.9 Å². The number of nitrogens with zero attached hydrogens (tertiary/aromatic N) is 2. The maximum absolute atomic E-state index is 5.48. The Bertz CT molecular complexity index is 725. The van der Waals surface area contributed by atoms with Gasteiger partial charge in [0.25, 0.3) is 0 Å². The molecule has 2 aromatic carbocycles. The van der Waals surface area contributed by atoms with Crippen molar-refractivity contribution < 1.29 is 0 Å². The average Bonchev–Trinajstić information content (AvgIpc) is 2.78. The third kappa shape index (κ3) is 1.91. The molecule has 0 spiro atoms. The Morgan fingerprint density at radius 3 is 2.50 bits per heavy atom. The zero-order valence-corrected chi connectivity index (χ0v) is 10.6. The Morgan fingerprint density at radius 2 is 1.72 bits per heavy atom. The Labute approximate surface area is 109 Å². The van der Waals surface area contributed by atoms with E-state index in [-0.39, 0.29) is 0 Å². The van der Waals surface area contributed by atoms with Crippen molar-refractivity contribution in [2.75, 3.05) is 0 Å². The minimum atomic E-state index is 0.793. The number of thiazole rings is 1. The summed E-state index contributed by atoms with van der Waals surface area (Å²) in [4.78, 5) is 0.847. The number of benzene rings is 2. The summed E-state index contributed by atoms with van der Waals surface area (Å²) in [7, 11) is 0. The van der Waals surface area contributed by atoms with E-state index in [1.807, 2.05) is 30.3 Å². The van der Waals surface area contributed by atoms with Crippen LogP contribution in [0.1, 0.15) is 5.56 Å². The predicted octanol–water partition coefficient (Wildman–Crippen LogP) is 2.53. The third-order valence-corrected chi connectivity index (χ3v) is 3.96. The summed E-state index contributed by atoms with van der Waals surface area (Å²) in [5, 5.41) is 3.89. The number of hydrogen-bond donors (Lipinski definition) is 1. The number of hydrogen-bond acceptors (Lipinski definition) is 3. The largest absolute Gasteiger partial charge is 0.320 e. The fraction of sp³-hybridized carbons (Fsp3) is 0.0714. The van der Waals surface area contributed by atoms with Gasteiger partial charge in [-0.15, -0.1) is 0 Å². The molecular formula is C14H13N3S. The van der Waals surface area contributed by atoms with Gasteiger partial charge in [0.15, 0.2) is 0 Å². The molecular weight excluding hydrogens is 242 g/mol. The molecule has 2 N–H and O–H groups in total. The van der Waals surface area contributed by atoms with E-state index < -0.39 is 0 Å². The number of para-hydroxylation sites is 1. The van der Waals surface area contributed by atoms with Crippen LogP contribution in [0.15, 0.2) is 59.7 Å². The molecule has 1 aromatic heterocycles. The van der Waals surface area contributed by atoms with Crippen molar-refractivity contribution in [1.82, 2.24) is 4.57 Å². The second-order valence-electron chi connectivity index (χ2n) is 4.05. The highest BCUT2D eigenvalue weighted by atomic mass is 32.1. The molecule has 3 aromatic rings. The standard InChI is InChI=1S/C14H13N3S/c15-16-14-17(10-11-6-2-1-3-7-11)12-8-4-5-9-13(12)18-14/h1-9H,10,15H2/b16-14-. The van der Waals surface area contributed by atoms with Gasteiger partial charge in [0, 0.05) is 0 Å². The van der Waals surface area contributed by atoms with Gasteiger partial charge in [-0.25, -0.2) is 0 Å². The lowest BCUT2D eigenvalue weighted by atomic mass is 10.2. The summed E-state index contributed by atoms with van der Waals surface area (Å²) < 4.78 is 3.35. The first-order valence-electron chi connectivity index (χ1n) is 5.75. The van der Waals surface area contributed by atoms with Gasteiger partial charge in [0.05, 0.1) is 16.8 Å². The molecule has 4 heteroatoms. The first-order chi connectivity index (χ1) is 8.88. The molecule has 0 unspecified atom stereocenters. The van der Waals surface area contributed by atoms with Crippen LogP contribution in [0.3, 0.4) is 0 Å². The maximum Gasteiger partial charge on any atom is 0.208 e. The van der Waals surface area contributed by atoms with Crippen molar-refractivity contribution in [3.63, 3.8) is 0 Å². The van der Waals surface area contributed by atoms with E-state index in [1.54, 1.807) is 11.3 Å². The minimum absolute atomic E-state index is 0.793. The minimum Gasteiger partial charge on any atom is -0.320 e. The van der Waals surface area contributed by atoms with Crippen LogP contribution in [0, 0.1) is 0 Å². The summed E-state index contributed by atoms with van der Waals surface area (Å²) in [5.41, 5.74) is 2.42. The SMILES string of the molecule is N/N=c1\sc2ccccc2n1Cc1ccccc1. The molecule has 18 heavy (non-hydrogen) atoms. The van der Waals surface area contributed by atoms with E-state index in [9.17, 15) is 0 Å². The topological polar surface area (TPSA) is 43.3 Å². The molecule has 0 aliphatic rings. The predicted molar refractivity (Wildman–Crippen MR) is 75.1 cm³/mol. The molecule has 0 aliphatic heterocycles. The van der Waals surface area contributed by atoms with Gasteiger partial charge in [-0.1, -0.05) is 53.8 Å². The highest BCUT2D eigenvalue weighted by molar-refractivity contribution is 7.16. The van der Waals surface area contributed by atoms with Crippen LogP contribution in [-0.2, 0) is 6.54 Å². The van der Waals surface area contributed by atoms with Crippen LogP contribution < -0.4 is 10.6 Å². The lowest BCUT2D eigenvalue weighted by Crippen LogP contribution is -2.17. The summed E-state index contributed by atoms with van der Waals surface area (Å²) in [6.45, 7) is 0.793. The smallest absolute Gasteiger partial charge is 0.208 e. The van der Waals surface area contributed by atoms with Crippen LogP contribution in [0.5, 0.6) is 0 Å². The molecule has 0 radical (unpaired) electrons. The first-order valence-corrected chi connectivity index (χ1v) is 6.56. The Balaban J connectivity index is 2.16. The van der Waals surface area contributed by atoms with Gasteiger partial charge in [-0.05, 0) is 17.7 Å². The molecule has 0 fully saturated rings. The van der Waals surface area contributed by atoms with Crippen LogP contribution in [0.2, 0.25) is 0 Å². The lowest BCUT2D eigenvalue weighted by Gasteiger charge is -2.04. The quantitative estimate of drug-likeness (QED) is 0.555.